The standard InChI is InChI=1S/C13H23N3O/c1-11(12-6-9-15-16-12)14-10-13(17)7-4-2-3-5-8-13/h6,9,11,14,17H,2-5,7-8,10H2,1H3,(H,15,16). The maximum Gasteiger partial charge on any atom is 0.0771 e. The van der Waals surface area contributed by atoms with E-state index in [1.807, 2.05) is 6.07 Å². The van der Waals surface area contributed by atoms with Gasteiger partial charge in [0.25, 0.3) is 0 Å². The number of nitrogens with zero attached hydrogens (tertiary/aromatic N) is 1. The number of H-pyrrole nitrogens is 1. The van der Waals surface area contributed by atoms with Gasteiger partial charge in [-0.25, -0.2) is 0 Å². The average molecular weight is 237 g/mol. The lowest BCUT2D eigenvalue weighted by atomic mass is 9.94. The molecule has 0 aliphatic heterocycles. The van der Waals surface area contributed by atoms with Crippen LogP contribution in [0.5, 0.6) is 0 Å². The molecule has 1 aromatic rings. The zero-order chi connectivity index (χ0) is 12.1. The Balaban J connectivity index is 1.84. The third kappa shape index (κ3) is 3.54. The Kier molecular flexibility index (Phi) is 4.18. The SMILES string of the molecule is CC(NCC1(O)CCCCCC1)c1ccn[nH]1. The van der Waals surface area contributed by atoms with Crippen molar-refractivity contribution in [3.05, 3.63) is 18.0 Å². The van der Waals surface area contributed by atoms with Gasteiger partial charge in [0.2, 0.25) is 0 Å². The Labute approximate surface area is 103 Å². The average Bonchev–Trinajstić information content (AvgIpc) is 2.77. The summed E-state index contributed by atoms with van der Waals surface area (Å²) in [5.41, 5.74) is 0.562. The van der Waals surface area contributed by atoms with Gasteiger partial charge < -0.3 is 10.4 Å². The first-order chi connectivity index (χ1) is 8.20. The van der Waals surface area contributed by atoms with Crippen LogP contribution in [-0.4, -0.2) is 27.4 Å². The number of rotatable bonds is 4. The second-order valence-electron chi connectivity index (χ2n) is 5.25. The molecule has 4 nitrogen and oxygen atoms in total. The van der Waals surface area contributed by atoms with Crippen molar-refractivity contribution < 1.29 is 5.11 Å². The molecule has 1 fully saturated rings. The van der Waals surface area contributed by atoms with Gasteiger partial charge >= 0.3 is 0 Å². The van der Waals surface area contributed by atoms with Crippen LogP contribution in [-0.2, 0) is 0 Å². The van der Waals surface area contributed by atoms with Crippen molar-refractivity contribution in [1.82, 2.24) is 15.5 Å². The van der Waals surface area contributed by atoms with Gasteiger partial charge in [-0.05, 0) is 25.8 Å². The lowest BCUT2D eigenvalue weighted by molar-refractivity contribution is 0.0230. The summed E-state index contributed by atoms with van der Waals surface area (Å²) in [7, 11) is 0. The topological polar surface area (TPSA) is 60.9 Å². The van der Waals surface area contributed by atoms with Crippen molar-refractivity contribution in [3.63, 3.8) is 0 Å². The number of hydrogen-bond acceptors (Lipinski definition) is 3. The number of aliphatic hydroxyl groups is 1. The normalized spacial score (nSPS) is 22.0. The molecule has 1 unspecified atom stereocenters. The minimum atomic E-state index is -0.509. The van der Waals surface area contributed by atoms with E-state index >= 15 is 0 Å². The minimum Gasteiger partial charge on any atom is -0.389 e. The molecule has 3 N–H and O–H groups in total. The fourth-order valence-corrected chi connectivity index (χ4v) is 2.52. The van der Waals surface area contributed by atoms with Crippen molar-refractivity contribution >= 4 is 0 Å². The molecule has 4 heteroatoms. The lowest BCUT2D eigenvalue weighted by Gasteiger charge is -2.28. The lowest BCUT2D eigenvalue weighted by Crippen LogP contribution is -2.41. The van der Waals surface area contributed by atoms with Crippen molar-refractivity contribution in [2.75, 3.05) is 6.54 Å². The summed E-state index contributed by atoms with van der Waals surface area (Å²) >= 11 is 0. The van der Waals surface area contributed by atoms with Gasteiger partial charge in [0.05, 0.1) is 11.3 Å². The second-order valence-corrected chi connectivity index (χ2v) is 5.25. The highest BCUT2D eigenvalue weighted by Gasteiger charge is 2.28. The molecular formula is C13H23N3O. The van der Waals surface area contributed by atoms with Crippen LogP contribution in [0.2, 0.25) is 0 Å². The molecule has 17 heavy (non-hydrogen) atoms. The first-order valence-electron chi connectivity index (χ1n) is 6.65. The largest absolute Gasteiger partial charge is 0.389 e. The number of aromatic amines is 1. The van der Waals surface area contributed by atoms with Crippen molar-refractivity contribution in [2.45, 2.75) is 57.1 Å². The van der Waals surface area contributed by atoms with Crippen molar-refractivity contribution in [3.8, 4) is 0 Å². The van der Waals surface area contributed by atoms with Crippen LogP contribution in [0.1, 0.15) is 57.2 Å². The Morgan fingerprint density at radius 2 is 2.12 bits per heavy atom. The van der Waals surface area contributed by atoms with Gasteiger partial charge in [0, 0.05) is 18.8 Å². The molecule has 1 aliphatic carbocycles. The molecular weight excluding hydrogens is 214 g/mol. The third-order valence-electron chi connectivity index (χ3n) is 3.76. The summed E-state index contributed by atoms with van der Waals surface area (Å²) in [6.07, 6.45) is 8.43. The van der Waals surface area contributed by atoms with Crippen LogP contribution in [0.15, 0.2) is 12.3 Å². The highest BCUT2D eigenvalue weighted by molar-refractivity contribution is 5.03. The first kappa shape index (κ1) is 12.6. The third-order valence-corrected chi connectivity index (χ3v) is 3.76. The fraction of sp³-hybridized carbons (Fsp3) is 0.769. The zero-order valence-corrected chi connectivity index (χ0v) is 10.6. The highest BCUT2D eigenvalue weighted by Crippen LogP contribution is 2.26. The molecule has 0 aromatic carbocycles. The van der Waals surface area contributed by atoms with E-state index in [1.54, 1.807) is 6.20 Å². The Bertz CT molecular complexity index is 315. The van der Waals surface area contributed by atoms with E-state index in [-0.39, 0.29) is 6.04 Å². The molecule has 1 aliphatic rings. The second kappa shape index (κ2) is 5.65. The number of nitrogens with one attached hydrogen (secondary N) is 2. The van der Waals surface area contributed by atoms with Crippen LogP contribution in [0.25, 0.3) is 0 Å². The summed E-state index contributed by atoms with van der Waals surface area (Å²) < 4.78 is 0. The maximum absolute atomic E-state index is 10.5. The van der Waals surface area contributed by atoms with Crippen LogP contribution < -0.4 is 5.32 Å². The van der Waals surface area contributed by atoms with Crippen LogP contribution in [0.4, 0.5) is 0 Å². The monoisotopic (exact) mass is 237 g/mol. The highest BCUT2D eigenvalue weighted by atomic mass is 16.3. The van der Waals surface area contributed by atoms with E-state index in [2.05, 4.69) is 22.4 Å². The summed E-state index contributed by atoms with van der Waals surface area (Å²) in [5, 5.41) is 20.8. The molecule has 1 heterocycles. The quantitative estimate of drug-likeness (QED) is 0.703. The molecule has 1 aromatic heterocycles. The molecule has 0 bridgehead atoms. The van der Waals surface area contributed by atoms with Crippen LogP contribution in [0.3, 0.4) is 0 Å². The molecule has 0 spiro atoms. The van der Waals surface area contributed by atoms with Crippen molar-refractivity contribution in [1.29, 1.82) is 0 Å². The van der Waals surface area contributed by atoms with E-state index in [1.165, 1.54) is 12.8 Å². The molecule has 0 amide bonds. The maximum atomic E-state index is 10.5. The zero-order valence-electron chi connectivity index (χ0n) is 10.6. The summed E-state index contributed by atoms with van der Waals surface area (Å²) in [5.74, 6) is 0. The van der Waals surface area contributed by atoms with Gasteiger partial charge in [0.1, 0.15) is 0 Å². The first-order valence-corrected chi connectivity index (χ1v) is 6.65. The van der Waals surface area contributed by atoms with Gasteiger partial charge in [-0.3, -0.25) is 5.10 Å². The molecule has 1 saturated carbocycles. The van der Waals surface area contributed by atoms with Crippen LogP contribution in [0, 0.1) is 0 Å². The molecule has 0 radical (unpaired) electrons. The predicted octanol–water partition coefficient (Wildman–Crippen LogP) is 2.15. The van der Waals surface area contributed by atoms with Crippen molar-refractivity contribution in [2.24, 2.45) is 0 Å². The van der Waals surface area contributed by atoms with E-state index in [4.69, 9.17) is 0 Å². The molecule has 0 saturated heterocycles. The van der Waals surface area contributed by atoms with E-state index in [0.29, 0.717) is 6.54 Å². The van der Waals surface area contributed by atoms with Gasteiger partial charge in [-0.2, -0.15) is 5.10 Å². The van der Waals surface area contributed by atoms with Crippen LogP contribution >= 0.6 is 0 Å². The smallest absolute Gasteiger partial charge is 0.0771 e. The Hall–Kier alpha value is -0.870. The Morgan fingerprint density at radius 3 is 2.71 bits per heavy atom. The number of aromatic nitrogens is 2. The Morgan fingerprint density at radius 1 is 1.41 bits per heavy atom. The van der Waals surface area contributed by atoms with Gasteiger partial charge in [0.15, 0.2) is 0 Å². The minimum absolute atomic E-state index is 0.213. The van der Waals surface area contributed by atoms with E-state index in [0.717, 1.165) is 31.4 Å². The number of hydrogen-bond donors (Lipinski definition) is 3. The molecule has 2 rings (SSSR count). The summed E-state index contributed by atoms with van der Waals surface area (Å²) in [6, 6.07) is 2.18. The van der Waals surface area contributed by atoms with E-state index in [9.17, 15) is 5.11 Å². The predicted molar refractivity (Wildman–Crippen MR) is 67.7 cm³/mol. The summed E-state index contributed by atoms with van der Waals surface area (Å²) in [4.78, 5) is 0. The molecule has 96 valence electrons. The summed E-state index contributed by atoms with van der Waals surface area (Å²) in [6.45, 7) is 2.76. The van der Waals surface area contributed by atoms with Gasteiger partial charge in [-0.1, -0.05) is 25.7 Å². The van der Waals surface area contributed by atoms with Gasteiger partial charge in [-0.15, -0.1) is 0 Å². The molecule has 1 atom stereocenters. The van der Waals surface area contributed by atoms with E-state index < -0.39 is 5.60 Å². The fourth-order valence-electron chi connectivity index (χ4n) is 2.52.